The van der Waals surface area contributed by atoms with Crippen molar-refractivity contribution in [1.82, 2.24) is 10.4 Å². The molecule has 1 heterocycles. The van der Waals surface area contributed by atoms with E-state index in [1.807, 2.05) is 13.0 Å². The van der Waals surface area contributed by atoms with E-state index in [-0.39, 0.29) is 0 Å². The zero-order valence-electron chi connectivity index (χ0n) is 9.82. The monoisotopic (exact) mass is 265 g/mol. The van der Waals surface area contributed by atoms with E-state index in [1.54, 1.807) is 24.4 Å². The van der Waals surface area contributed by atoms with Crippen molar-refractivity contribution in [3.63, 3.8) is 0 Å². The highest BCUT2D eigenvalue weighted by molar-refractivity contribution is 6.30. The maximum absolute atomic E-state index is 13.9. The van der Waals surface area contributed by atoms with Crippen LogP contribution in [0.5, 0.6) is 0 Å². The van der Waals surface area contributed by atoms with Crippen LogP contribution in [0.25, 0.3) is 0 Å². The summed E-state index contributed by atoms with van der Waals surface area (Å²) in [5, 5.41) is 0.356. The molecule has 94 valence electrons. The first-order valence-corrected chi connectivity index (χ1v) is 5.84. The first-order chi connectivity index (χ1) is 8.63. The van der Waals surface area contributed by atoms with Crippen LogP contribution >= 0.6 is 11.6 Å². The molecule has 1 aromatic carbocycles. The third-order valence-electron chi connectivity index (χ3n) is 2.80. The van der Waals surface area contributed by atoms with Gasteiger partial charge < -0.3 is 0 Å². The van der Waals surface area contributed by atoms with Crippen LogP contribution in [0.15, 0.2) is 36.5 Å². The van der Waals surface area contributed by atoms with Gasteiger partial charge in [0.1, 0.15) is 5.82 Å². The molecular weight excluding hydrogens is 253 g/mol. The molecule has 3 nitrogen and oxygen atoms in total. The maximum atomic E-state index is 13.9. The van der Waals surface area contributed by atoms with Gasteiger partial charge in [-0.05, 0) is 30.7 Å². The zero-order chi connectivity index (χ0) is 13.1. The third-order valence-corrected chi connectivity index (χ3v) is 3.03. The average molecular weight is 266 g/mol. The lowest BCUT2D eigenvalue weighted by atomic mass is 9.98. The van der Waals surface area contributed by atoms with Gasteiger partial charge in [0.15, 0.2) is 0 Å². The number of aromatic nitrogens is 1. The molecule has 0 radical (unpaired) electrons. The molecule has 0 amide bonds. The number of nitrogens with one attached hydrogen (secondary N) is 1. The number of hydrogen-bond donors (Lipinski definition) is 2. The fourth-order valence-electron chi connectivity index (χ4n) is 1.88. The van der Waals surface area contributed by atoms with E-state index in [0.29, 0.717) is 10.6 Å². The third kappa shape index (κ3) is 2.51. The smallest absolute Gasteiger partial charge is 0.129 e. The second-order valence-corrected chi connectivity index (χ2v) is 4.38. The lowest BCUT2D eigenvalue weighted by Gasteiger charge is -2.19. The van der Waals surface area contributed by atoms with Crippen molar-refractivity contribution in [1.29, 1.82) is 0 Å². The summed E-state index contributed by atoms with van der Waals surface area (Å²) in [6.45, 7) is 1.85. The fourth-order valence-corrected chi connectivity index (χ4v) is 2.04. The van der Waals surface area contributed by atoms with Crippen molar-refractivity contribution in [2.24, 2.45) is 5.84 Å². The number of nitrogens with two attached hydrogens (primary N) is 1. The first-order valence-electron chi connectivity index (χ1n) is 5.46. The predicted octanol–water partition coefficient (Wildman–Crippen LogP) is 2.74. The van der Waals surface area contributed by atoms with Gasteiger partial charge >= 0.3 is 0 Å². The molecule has 0 saturated heterocycles. The minimum atomic E-state index is -0.448. The van der Waals surface area contributed by atoms with Crippen LogP contribution < -0.4 is 11.3 Å². The van der Waals surface area contributed by atoms with Gasteiger partial charge in [0, 0.05) is 22.5 Å². The summed E-state index contributed by atoms with van der Waals surface area (Å²) in [6.07, 6.45) is 1.69. The number of nitrogens with zero attached hydrogens (tertiary/aromatic N) is 1. The van der Waals surface area contributed by atoms with Crippen molar-refractivity contribution in [2.45, 2.75) is 13.0 Å². The molecule has 0 aliphatic carbocycles. The van der Waals surface area contributed by atoms with Gasteiger partial charge in [-0.3, -0.25) is 10.8 Å². The summed E-state index contributed by atoms with van der Waals surface area (Å²) >= 11 is 5.74. The second kappa shape index (κ2) is 5.44. The van der Waals surface area contributed by atoms with Gasteiger partial charge in [-0.15, -0.1) is 0 Å². The van der Waals surface area contributed by atoms with Crippen LogP contribution in [0.3, 0.4) is 0 Å². The minimum absolute atomic E-state index is 0.356. The molecule has 0 spiro atoms. The average Bonchev–Trinajstić information content (AvgIpc) is 2.34. The molecule has 0 bridgehead atoms. The van der Waals surface area contributed by atoms with Gasteiger partial charge in [-0.25, -0.2) is 9.82 Å². The van der Waals surface area contributed by atoms with E-state index in [9.17, 15) is 4.39 Å². The molecule has 5 heteroatoms. The Hall–Kier alpha value is -1.49. The van der Waals surface area contributed by atoms with Crippen molar-refractivity contribution in [3.8, 4) is 0 Å². The Kier molecular flexibility index (Phi) is 3.91. The summed E-state index contributed by atoms with van der Waals surface area (Å²) in [5.74, 6) is 5.14. The Balaban J connectivity index is 2.49. The number of benzene rings is 1. The molecule has 2 aromatic rings. The number of pyridine rings is 1. The molecular formula is C13H13ClFN3. The molecule has 1 atom stereocenters. The Bertz CT molecular complexity index is 560. The molecule has 1 aromatic heterocycles. The number of rotatable bonds is 3. The van der Waals surface area contributed by atoms with Gasteiger partial charge in [0.2, 0.25) is 0 Å². The van der Waals surface area contributed by atoms with Crippen LogP contribution in [0.2, 0.25) is 5.02 Å². The molecule has 0 saturated carbocycles. The second-order valence-electron chi connectivity index (χ2n) is 3.94. The molecule has 0 aliphatic rings. The van der Waals surface area contributed by atoms with Crippen LogP contribution in [0.4, 0.5) is 4.39 Å². The summed E-state index contributed by atoms with van der Waals surface area (Å²) in [7, 11) is 0. The SMILES string of the molecule is Cc1ncccc1C(NN)c1ccc(Cl)cc1F. The van der Waals surface area contributed by atoms with Crippen molar-refractivity contribution < 1.29 is 4.39 Å². The zero-order valence-corrected chi connectivity index (χ0v) is 10.6. The fraction of sp³-hybridized carbons (Fsp3) is 0.154. The van der Waals surface area contributed by atoms with Crippen LogP contribution in [-0.4, -0.2) is 4.98 Å². The number of halogens is 2. The van der Waals surface area contributed by atoms with Gasteiger partial charge in [0.05, 0.1) is 6.04 Å². The predicted molar refractivity (Wildman–Crippen MR) is 69.6 cm³/mol. The van der Waals surface area contributed by atoms with Crippen LogP contribution in [0, 0.1) is 12.7 Å². The highest BCUT2D eigenvalue weighted by atomic mass is 35.5. The van der Waals surface area contributed by atoms with E-state index in [0.717, 1.165) is 11.3 Å². The lowest BCUT2D eigenvalue weighted by molar-refractivity contribution is 0.558. The van der Waals surface area contributed by atoms with Crippen LogP contribution in [-0.2, 0) is 0 Å². The number of hydrogen-bond acceptors (Lipinski definition) is 3. The topological polar surface area (TPSA) is 50.9 Å². The summed E-state index contributed by atoms with van der Waals surface area (Å²) in [6, 6.07) is 7.73. The van der Waals surface area contributed by atoms with E-state index >= 15 is 0 Å². The Morgan fingerprint density at radius 2 is 2.11 bits per heavy atom. The van der Waals surface area contributed by atoms with E-state index in [1.165, 1.54) is 6.07 Å². The van der Waals surface area contributed by atoms with E-state index in [4.69, 9.17) is 17.4 Å². The first kappa shape index (κ1) is 13.0. The Labute approximate surface area is 110 Å². The molecule has 0 aliphatic heterocycles. The molecule has 0 fully saturated rings. The quantitative estimate of drug-likeness (QED) is 0.663. The van der Waals surface area contributed by atoms with E-state index in [2.05, 4.69) is 10.4 Å². The maximum Gasteiger partial charge on any atom is 0.129 e. The summed E-state index contributed by atoms with van der Waals surface area (Å²) in [4.78, 5) is 4.18. The summed E-state index contributed by atoms with van der Waals surface area (Å²) in [5.41, 5.74) is 4.69. The molecule has 1 unspecified atom stereocenters. The van der Waals surface area contributed by atoms with Crippen LogP contribution in [0.1, 0.15) is 22.9 Å². The Morgan fingerprint density at radius 3 is 2.72 bits per heavy atom. The van der Waals surface area contributed by atoms with Gasteiger partial charge in [0.25, 0.3) is 0 Å². The van der Waals surface area contributed by atoms with Crippen molar-refractivity contribution in [3.05, 3.63) is 64.2 Å². The minimum Gasteiger partial charge on any atom is -0.271 e. The van der Waals surface area contributed by atoms with E-state index < -0.39 is 11.9 Å². The van der Waals surface area contributed by atoms with Gasteiger partial charge in [-0.2, -0.15) is 0 Å². The molecule has 2 rings (SSSR count). The highest BCUT2D eigenvalue weighted by Gasteiger charge is 2.18. The lowest BCUT2D eigenvalue weighted by Crippen LogP contribution is -2.30. The van der Waals surface area contributed by atoms with Crippen molar-refractivity contribution in [2.75, 3.05) is 0 Å². The highest BCUT2D eigenvalue weighted by Crippen LogP contribution is 2.26. The normalized spacial score (nSPS) is 12.4. The van der Waals surface area contributed by atoms with Gasteiger partial charge in [-0.1, -0.05) is 23.7 Å². The molecule has 18 heavy (non-hydrogen) atoms. The number of aryl methyl sites for hydroxylation is 1. The standard InChI is InChI=1S/C13H13ClFN3/c1-8-10(3-2-6-17-8)13(18-16)11-5-4-9(14)7-12(11)15/h2-7,13,18H,16H2,1H3. The summed E-state index contributed by atoms with van der Waals surface area (Å²) < 4.78 is 13.9. The molecule has 3 N–H and O–H groups in total. The van der Waals surface area contributed by atoms with Crippen molar-refractivity contribution >= 4 is 11.6 Å². The Morgan fingerprint density at radius 1 is 1.33 bits per heavy atom. The number of hydrazine groups is 1. The largest absolute Gasteiger partial charge is 0.271 e.